The number of hydrogen-bond donors (Lipinski definition) is 1. The van der Waals surface area contributed by atoms with Crippen molar-refractivity contribution in [2.45, 2.75) is 0 Å². The maximum Gasteiger partial charge on any atom is 0.264 e. The minimum absolute atomic E-state index is 0.114. The molecule has 5 rings (SSSR count). The van der Waals surface area contributed by atoms with Gasteiger partial charge in [0, 0.05) is 35.1 Å². The minimum Gasteiger partial charge on any atom is -0.350 e. The van der Waals surface area contributed by atoms with Crippen molar-refractivity contribution < 1.29 is 4.79 Å². The summed E-state index contributed by atoms with van der Waals surface area (Å²) in [5.41, 5.74) is 3.02. The van der Waals surface area contributed by atoms with Gasteiger partial charge in [0.05, 0.1) is 10.6 Å². The number of nitrogens with zero attached hydrogens (tertiary/aromatic N) is 2. The molecular formula is C23H17N3OS. The molecule has 5 heteroatoms. The lowest BCUT2D eigenvalue weighted by Crippen LogP contribution is -2.19. The van der Waals surface area contributed by atoms with Gasteiger partial charge in [-0.15, -0.1) is 0 Å². The molecule has 3 aromatic carbocycles. The van der Waals surface area contributed by atoms with Crippen LogP contribution in [0, 0.1) is 0 Å². The molecule has 0 bridgehead atoms. The van der Waals surface area contributed by atoms with E-state index in [4.69, 9.17) is 4.99 Å². The molecule has 1 amide bonds. The van der Waals surface area contributed by atoms with Gasteiger partial charge in [0.25, 0.3) is 5.91 Å². The van der Waals surface area contributed by atoms with Crippen LogP contribution in [0.1, 0.15) is 5.56 Å². The summed E-state index contributed by atoms with van der Waals surface area (Å²) in [7, 11) is 2.01. The van der Waals surface area contributed by atoms with E-state index in [0.29, 0.717) is 10.1 Å². The van der Waals surface area contributed by atoms with Crippen molar-refractivity contribution >= 4 is 56.3 Å². The smallest absolute Gasteiger partial charge is 0.264 e. The molecule has 1 saturated heterocycles. The molecule has 1 aromatic heterocycles. The first-order chi connectivity index (χ1) is 13.7. The number of aromatic nitrogens is 1. The lowest BCUT2D eigenvalue weighted by atomic mass is 10.1. The summed E-state index contributed by atoms with van der Waals surface area (Å²) in [5, 5.41) is 6.82. The van der Waals surface area contributed by atoms with E-state index in [1.54, 1.807) is 0 Å². The van der Waals surface area contributed by atoms with Gasteiger partial charge in [-0.25, -0.2) is 4.99 Å². The summed E-state index contributed by atoms with van der Waals surface area (Å²) in [5.74, 6) is -0.114. The highest BCUT2D eigenvalue weighted by atomic mass is 32.2. The van der Waals surface area contributed by atoms with Crippen molar-refractivity contribution in [3.63, 3.8) is 0 Å². The number of rotatable bonds is 2. The molecule has 28 heavy (non-hydrogen) atoms. The summed E-state index contributed by atoms with van der Waals surface area (Å²) < 4.78 is 2.07. The van der Waals surface area contributed by atoms with Crippen LogP contribution in [0.15, 0.2) is 82.8 Å². The molecule has 4 aromatic rings. The largest absolute Gasteiger partial charge is 0.350 e. The van der Waals surface area contributed by atoms with Crippen LogP contribution in [0.25, 0.3) is 27.8 Å². The first kappa shape index (κ1) is 16.8. The van der Waals surface area contributed by atoms with Crippen molar-refractivity contribution in [2.24, 2.45) is 12.0 Å². The number of carbonyl (C=O) groups excluding carboxylic acids is 1. The van der Waals surface area contributed by atoms with Crippen molar-refractivity contribution in [2.75, 3.05) is 0 Å². The molecule has 0 radical (unpaired) electrons. The topological polar surface area (TPSA) is 46.4 Å². The Hall–Kier alpha value is -3.31. The van der Waals surface area contributed by atoms with Crippen molar-refractivity contribution in [3.05, 3.63) is 83.4 Å². The van der Waals surface area contributed by atoms with Crippen LogP contribution in [0.5, 0.6) is 0 Å². The fraction of sp³-hybridized carbons (Fsp3) is 0.0435. The van der Waals surface area contributed by atoms with Crippen LogP contribution in [-0.4, -0.2) is 15.6 Å². The molecule has 1 fully saturated rings. The Morgan fingerprint density at radius 3 is 2.61 bits per heavy atom. The fourth-order valence-corrected chi connectivity index (χ4v) is 4.35. The second kappa shape index (κ2) is 6.69. The zero-order chi connectivity index (χ0) is 19.1. The minimum atomic E-state index is -0.114. The summed E-state index contributed by atoms with van der Waals surface area (Å²) in [6.07, 6.45) is 3.99. The monoisotopic (exact) mass is 383 g/mol. The van der Waals surface area contributed by atoms with E-state index < -0.39 is 0 Å². The van der Waals surface area contributed by atoms with E-state index in [9.17, 15) is 4.79 Å². The van der Waals surface area contributed by atoms with E-state index in [1.165, 1.54) is 11.8 Å². The zero-order valence-corrected chi connectivity index (χ0v) is 16.0. The summed E-state index contributed by atoms with van der Waals surface area (Å²) >= 11 is 1.38. The molecule has 136 valence electrons. The van der Waals surface area contributed by atoms with Gasteiger partial charge in [0.15, 0.2) is 5.17 Å². The van der Waals surface area contributed by atoms with E-state index in [2.05, 4.69) is 34.1 Å². The molecule has 0 spiro atoms. The SMILES string of the molecule is Cn1cc(C=C2SC(=Nc3cccc4ccccc34)NC2=O)c2ccccc21. The molecule has 0 saturated carbocycles. The number of thioether (sulfide) groups is 1. The third-order valence-electron chi connectivity index (χ3n) is 4.85. The van der Waals surface area contributed by atoms with Gasteiger partial charge in [-0.3, -0.25) is 4.79 Å². The number of aliphatic imine (C=N–C) groups is 1. The van der Waals surface area contributed by atoms with E-state index in [0.717, 1.165) is 32.9 Å². The Morgan fingerprint density at radius 2 is 1.71 bits per heavy atom. The van der Waals surface area contributed by atoms with Crippen LogP contribution in [0.2, 0.25) is 0 Å². The van der Waals surface area contributed by atoms with E-state index in [-0.39, 0.29) is 5.91 Å². The fourth-order valence-electron chi connectivity index (χ4n) is 3.53. The van der Waals surface area contributed by atoms with Gasteiger partial charge in [-0.1, -0.05) is 54.6 Å². The third-order valence-corrected chi connectivity index (χ3v) is 5.76. The second-order valence-corrected chi connectivity index (χ2v) is 7.72. The van der Waals surface area contributed by atoms with Gasteiger partial charge in [-0.05, 0) is 35.4 Å². The molecule has 1 N–H and O–H groups in total. The van der Waals surface area contributed by atoms with Gasteiger partial charge in [0.2, 0.25) is 0 Å². The standard InChI is InChI=1S/C23H17N3OS/c1-26-14-16(18-10-4-5-12-20(18)26)13-21-22(27)25-23(28-21)24-19-11-6-8-15-7-2-3-9-17(15)19/h2-14H,1H3,(H,24,25,27). The van der Waals surface area contributed by atoms with Gasteiger partial charge in [-0.2, -0.15) is 0 Å². The summed E-state index contributed by atoms with van der Waals surface area (Å²) in [6, 6.07) is 22.3. The number of hydrogen-bond acceptors (Lipinski definition) is 3. The van der Waals surface area contributed by atoms with E-state index in [1.807, 2.05) is 61.8 Å². The Balaban J connectivity index is 1.52. The van der Waals surface area contributed by atoms with Crippen LogP contribution < -0.4 is 5.32 Å². The first-order valence-corrected chi connectivity index (χ1v) is 9.82. The molecule has 0 aliphatic carbocycles. The van der Waals surface area contributed by atoms with Crippen molar-refractivity contribution in [1.29, 1.82) is 0 Å². The maximum atomic E-state index is 12.5. The third kappa shape index (κ3) is 2.90. The Kier molecular flexibility index (Phi) is 4.02. The predicted molar refractivity (Wildman–Crippen MR) is 118 cm³/mol. The Morgan fingerprint density at radius 1 is 0.964 bits per heavy atom. The normalized spacial score (nSPS) is 17.1. The van der Waals surface area contributed by atoms with Gasteiger partial charge in [0.1, 0.15) is 0 Å². The van der Waals surface area contributed by atoms with Crippen LogP contribution in [0.4, 0.5) is 5.69 Å². The van der Waals surface area contributed by atoms with Crippen molar-refractivity contribution in [3.8, 4) is 0 Å². The first-order valence-electron chi connectivity index (χ1n) is 9.00. The van der Waals surface area contributed by atoms with Gasteiger partial charge >= 0.3 is 0 Å². The second-order valence-electron chi connectivity index (χ2n) is 6.69. The maximum absolute atomic E-state index is 12.5. The number of nitrogens with one attached hydrogen (secondary N) is 1. The quantitative estimate of drug-likeness (QED) is 0.482. The summed E-state index contributed by atoms with van der Waals surface area (Å²) in [6.45, 7) is 0. The predicted octanol–water partition coefficient (Wildman–Crippen LogP) is 5.22. The lowest BCUT2D eigenvalue weighted by Gasteiger charge is -2.02. The molecule has 4 nitrogen and oxygen atoms in total. The van der Waals surface area contributed by atoms with Crippen LogP contribution in [0.3, 0.4) is 0 Å². The number of amides is 1. The Bertz CT molecular complexity index is 1290. The zero-order valence-electron chi connectivity index (χ0n) is 15.2. The number of para-hydroxylation sites is 1. The van der Waals surface area contributed by atoms with Crippen LogP contribution in [-0.2, 0) is 11.8 Å². The van der Waals surface area contributed by atoms with Crippen LogP contribution >= 0.6 is 11.8 Å². The molecule has 1 aliphatic heterocycles. The van der Waals surface area contributed by atoms with Crippen molar-refractivity contribution in [1.82, 2.24) is 9.88 Å². The van der Waals surface area contributed by atoms with Gasteiger partial charge < -0.3 is 9.88 Å². The molecule has 0 unspecified atom stereocenters. The Labute approximate surface area is 166 Å². The average molecular weight is 383 g/mol. The molecule has 0 atom stereocenters. The highest BCUT2D eigenvalue weighted by Crippen LogP contribution is 2.32. The molecular weight excluding hydrogens is 366 g/mol. The highest BCUT2D eigenvalue weighted by Gasteiger charge is 2.24. The lowest BCUT2D eigenvalue weighted by molar-refractivity contribution is -0.115. The molecule has 2 heterocycles. The number of carbonyl (C=O) groups is 1. The average Bonchev–Trinajstić information content (AvgIpc) is 3.22. The van der Waals surface area contributed by atoms with E-state index >= 15 is 0 Å². The number of aryl methyl sites for hydroxylation is 1. The number of fused-ring (bicyclic) bond motifs is 2. The number of amidine groups is 1. The highest BCUT2D eigenvalue weighted by molar-refractivity contribution is 8.18. The summed E-state index contributed by atoms with van der Waals surface area (Å²) in [4.78, 5) is 17.8. The number of benzene rings is 3. The molecule has 1 aliphatic rings.